The monoisotopic (exact) mass is 376 g/mol. The molecule has 0 saturated carbocycles. The molecule has 152 valence electrons. The van der Waals surface area contributed by atoms with Gasteiger partial charge in [-0.05, 0) is 23.6 Å². The maximum atomic E-state index is 5.93. The first kappa shape index (κ1) is 21.5. The van der Waals surface area contributed by atoms with Crippen molar-refractivity contribution in [2.45, 2.75) is 33.2 Å². The van der Waals surface area contributed by atoms with Crippen LogP contribution in [0.2, 0.25) is 0 Å². The van der Waals surface area contributed by atoms with E-state index in [1.807, 2.05) is 19.2 Å². The number of benzene rings is 1. The lowest BCUT2D eigenvalue weighted by atomic mass is 10.0. The third kappa shape index (κ3) is 8.18. The van der Waals surface area contributed by atoms with Gasteiger partial charge in [-0.25, -0.2) is 0 Å². The average Bonchev–Trinajstić information content (AvgIpc) is 2.72. The van der Waals surface area contributed by atoms with Crippen molar-refractivity contribution in [3.05, 3.63) is 29.8 Å². The molecule has 0 spiro atoms. The van der Waals surface area contributed by atoms with Crippen molar-refractivity contribution in [1.82, 2.24) is 15.5 Å². The lowest BCUT2D eigenvalue weighted by molar-refractivity contribution is 0.0322. The van der Waals surface area contributed by atoms with Crippen LogP contribution in [0.1, 0.15) is 32.3 Å². The minimum absolute atomic E-state index is 0.687. The van der Waals surface area contributed by atoms with Gasteiger partial charge in [-0.3, -0.25) is 9.89 Å². The van der Waals surface area contributed by atoms with Gasteiger partial charge in [-0.15, -0.1) is 0 Å². The van der Waals surface area contributed by atoms with E-state index in [1.165, 1.54) is 18.4 Å². The van der Waals surface area contributed by atoms with E-state index in [4.69, 9.17) is 9.47 Å². The number of guanidine groups is 1. The second-order valence-corrected chi connectivity index (χ2v) is 6.94. The molecule has 2 N–H and O–H groups in total. The van der Waals surface area contributed by atoms with Gasteiger partial charge in [0.1, 0.15) is 12.4 Å². The summed E-state index contributed by atoms with van der Waals surface area (Å²) < 4.78 is 11.3. The molecule has 1 aliphatic heterocycles. The molecule has 0 aromatic heterocycles. The van der Waals surface area contributed by atoms with E-state index in [9.17, 15) is 0 Å². The summed E-state index contributed by atoms with van der Waals surface area (Å²) in [5.41, 5.74) is 1.18. The lowest BCUT2D eigenvalue weighted by Gasteiger charge is -2.26. The zero-order valence-electron chi connectivity index (χ0n) is 17.2. The highest BCUT2D eigenvalue weighted by Crippen LogP contribution is 2.13. The van der Waals surface area contributed by atoms with Crippen molar-refractivity contribution in [3.63, 3.8) is 0 Å². The molecule has 0 bridgehead atoms. The Morgan fingerprint density at radius 2 is 2.00 bits per heavy atom. The largest absolute Gasteiger partial charge is 0.492 e. The standard InChI is InChI=1S/C21H36N4O2/c1-4-18(5-2)16-23-21(22-3)24-17-19-7-6-8-20(15-19)27-14-11-25-9-12-26-13-10-25/h6-8,15,18H,4-5,9-14,16-17H2,1-3H3,(H2,22,23,24). The highest BCUT2D eigenvalue weighted by molar-refractivity contribution is 5.79. The molecule has 6 heteroatoms. The fourth-order valence-electron chi connectivity index (χ4n) is 3.09. The Kier molecular flexibility index (Phi) is 10.0. The summed E-state index contributed by atoms with van der Waals surface area (Å²) in [6.07, 6.45) is 2.37. The first-order valence-electron chi connectivity index (χ1n) is 10.2. The minimum Gasteiger partial charge on any atom is -0.492 e. The van der Waals surface area contributed by atoms with Crippen LogP contribution >= 0.6 is 0 Å². The molecule has 1 aromatic rings. The van der Waals surface area contributed by atoms with E-state index in [2.05, 4.69) is 46.5 Å². The summed E-state index contributed by atoms with van der Waals surface area (Å²) in [5.74, 6) is 2.45. The third-order valence-electron chi connectivity index (χ3n) is 5.07. The Bertz CT molecular complexity index is 555. The van der Waals surface area contributed by atoms with Gasteiger partial charge in [0.05, 0.1) is 13.2 Å². The Morgan fingerprint density at radius 3 is 2.70 bits per heavy atom. The number of aliphatic imine (C=N–C) groups is 1. The highest BCUT2D eigenvalue weighted by atomic mass is 16.5. The van der Waals surface area contributed by atoms with Crippen molar-refractivity contribution in [2.24, 2.45) is 10.9 Å². The van der Waals surface area contributed by atoms with Crippen LogP contribution in [-0.4, -0.2) is 63.9 Å². The summed E-state index contributed by atoms with van der Waals surface area (Å²) in [7, 11) is 1.81. The molecule has 1 aromatic carbocycles. The molecule has 0 atom stereocenters. The van der Waals surface area contributed by atoms with Crippen molar-refractivity contribution in [1.29, 1.82) is 0 Å². The van der Waals surface area contributed by atoms with E-state index in [0.717, 1.165) is 57.6 Å². The fraction of sp³-hybridized carbons (Fsp3) is 0.667. The van der Waals surface area contributed by atoms with Crippen LogP contribution in [0.25, 0.3) is 0 Å². The average molecular weight is 377 g/mol. The van der Waals surface area contributed by atoms with Crippen molar-refractivity contribution in [3.8, 4) is 5.75 Å². The van der Waals surface area contributed by atoms with Gasteiger partial charge in [0.15, 0.2) is 5.96 Å². The van der Waals surface area contributed by atoms with Gasteiger partial charge >= 0.3 is 0 Å². The first-order valence-corrected chi connectivity index (χ1v) is 10.2. The number of morpholine rings is 1. The molecular weight excluding hydrogens is 340 g/mol. The third-order valence-corrected chi connectivity index (χ3v) is 5.07. The van der Waals surface area contributed by atoms with Crippen LogP contribution < -0.4 is 15.4 Å². The number of hydrogen-bond donors (Lipinski definition) is 2. The second-order valence-electron chi connectivity index (χ2n) is 6.94. The number of rotatable bonds is 10. The van der Waals surface area contributed by atoms with Crippen LogP contribution in [0.4, 0.5) is 0 Å². The first-order chi connectivity index (χ1) is 13.2. The Hall–Kier alpha value is -1.79. The number of ether oxygens (including phenoxy) is 2. The minimum atomic E-state index is 0.687. The smallest absolute Gasteiger partial charge is 0.191 e. The summed E-state index contributed by atoms with van der Waals surface area (Å²) in [6, 6.07) is 8.26. The van der Waals surface area contributed by atoms with Crippen molar-refractivity contribution < 1.29 is 9.47 Å². The van der Waals surface area contributed by atoms with E-state index >= 15 is 0 Å². The maximum Gasteiger partial charge on any atom is 0.191 e. The van der Waals surface area contributed by atoms with Crippen LogP contribution in [0, 0.1) is 5.92 Å². The van der Waals surface area contributed by atoms with E-state index < -0.39 is 0 Å². The van der Waals surface area contributed by atoms with E-state index in [0.29, 0.717) is 12.5 Å². The Morgan fingerprint density at radius 1 is 1.22 bits per heavy atom. The molecule has 27 heavy (non-hydrogen) atoms. The van der Waals surface area contributed by atoms with Gasteiger partial charge in [-0.2, -0.15) is 0 Å². The molecule has 0 aliphatic carbocycles. The molecule has 0 amide bonds. The summed E-state index contributed by atoms with van der Waals surface area (Å²) in [4.78, 5) is 6.69. The molecule has 2 rings (SSSR count). The van der Waals surface area contributed by atoms with Gasteiger partial charge in [0.2, 0.25) is 0 Å². The molecule has 0 radical (unpaired) electrons. The summed E-state index contributed by atoms with van der Waals surface area (Å²) in [6.45, 7) is 11.4. The predicted molar refractivity (Wildman–Crippen MR) is 111 cm³/mol. The maximum absolute atomic E-state index is 5.93. The van der Waals surface area contributed by atoms with E-state index in [1.54, 1.807) is 0 Å². The molecule has 1 aliphatic rings. The number of nitrogens with zero attached hydrogens (tertiary/aromatic N) is 2. The molecule has 0 unspecified atom stereocenters. The van der Waals surface area contributed by atoms with Crippen molar-refractivity contribution >= 4 is 5.96 Å². The number of hydrogen-bond acceptors (Lipinski definition) is 4. The van der Waals surface area contributed by atoms with Gasteiger partial charge in [0.25, 0.3) is 0 Å². The van der Waals surface area contributed by atoms with Gasteiger partial charge in [0, 0.05) is 39.8 Å². The fourth-order valence-corrected chi connectivity index (χ4v) is 3.09. The zero-order chi connectivity index (χ0) is 19.3. The lowest BCUT2D eigenvalue weighted by Crippen LogP contribution is -2.39. The van der Waals surface area contributed by atoms with Crippen LogP contribution in [0.5, 0.6) is 5.75 Å². The zero-order valence-corrected chi connectivity index (χ0v) is 17.2. The molecular formula is C21H36N4O2. The molecule has 1 fully saturated rings. The number of nitrogens with one attached hydrogen (secondary N) is 2. The van der Waals surface area contributed by atoms with Crippen LogP contribution in [0.3, 0.4) is 0 Å². The van der Waals surface area contributed by atoms with Gasteiger partial charge in [-0.1, -0.05) is 38.8 Å². The SMILES string of the molecule is CCC(CC)CNC(=NC)NCc1cccc(OCCN2CCOCC2)c1. The second kappa shape index (κ2) is 12.6. The van der Waals surface area contributed by atoms with Crippen LogP contribution in [-0.2, 0) is 11.3 Å². The molecule has 6 nitrogen and oxygen atoms in total. The van der Waals surface area contributed by atoms with E-state index in [-0.39, 0.29) is 0 Å². The quantitative estimate of drug-likeness (QED) is 0.485. The summed E-state index contributed by atoms with van der Waals surface area (Å²) in [5, 5.41) is 6.80. The van der Waals surface area contributed by atoms with Crippen molar-refractivity contribution in [2.75, 3.05) is 53.0 Å². The molecule has 1 saturated heterocycles. The normalized spacial score (nSPS) is 15.8. The van der Waals surface area contributed by atoms with Crippen LogP contribution in [0.15, 0.2) is 29.3 Å². The van der Waals surface area contributed by atoms with Gasteiger partial charge < -0.3 is 20.1 Å². The highest BCUT2D eigenvalue weighted by Gasteiger charge is 2.10. The Labute approximate surface area is 164 Å². The predicted octanol–water partition coefficient (Wildman–Crippen LogP) is 2.50. The Balaban J connectivity index is 1.73. The summed E-state index contributed by atoms with van der Waals surface area (Å²) >= 11 is 0. The molecule has 1 heterocycles. The topological polar surface area (TPSA) is 58.1 Å².